The largest absolute Gasteiger partial charge is 0.479 e. The molecule has 4 aliphatic carbocycles. The molecule has 105 heavy (non-hydrogen) atoms. The lowest BCUT2D eigenvalue weighted by molar-refractivity contribution is -0.271. The van der Waals surface area contributed by atoms with E-state index in [1.54, 1.807) is 41.6 Å². The van der Waals surface area contributed by atoms with E-state index in [4.69, 9.17) is 29.0 Å². The minimum absolute atomic E-state index is 0.00942. The third kappa shape index (κ3) is 17.9. The average molecular weight is 1490 g/mol. The highest BCUT2D eigenvalue weighted by Crippen LogP contribution is 2.72. The number of nitrogens with one attached hydrogen (secondary N) is 3. The van der Waals surface area contributed by atoms with Gasteiger partial charge in [-0.3, -0.25) is 33.7 Å². The van der Waals surface area contributed by atoms with Crippen molar-refractivity contribution in [3.05, 3.63) is 125 Å². The molecule has 3 aliphatic heterocycles. The van der Waals surface area contributed by atoms with Gasteiger partial charge in [0.1, 0.15) is 36.5 Å². The number of aromatic nitrogens is 5. The van der Waals surface area contributed by atoms with Crippen LogP contribution in [0.4, 0.5) is 21.4 Å². The molecule has 5 amide bonds. The van der Waals surface area contributed by atoms with E-state index in [2.05, 4.69) is 39.8 Å². The van der Waals surface area contributed by atoms with E-state index in [1.165, 1.54) is 46.6 Å². The lowest BCUT2D eigenvalue weighted by atomic mass is 9.39. The first-order valence-electron chi connectivity index (χ1n) is 35.2. The van der Waals surface area contributed by atoms with Gasteiger partial charge in [-0.15, -0.1) is 0 Å². The molecule has 32 heteroatoms. The molecule has 1 saturated heterocycles. The predicted octanol–water partition coefficient (Wildman–Crippen LogP) is 7.30. The molecule has 4 saturated carbocycles. The number of fused-ring (bicyclic) bond motifs is 2. The van der Waals surface area contributed by atoms with Crippen LogP contribution >= 0.6 is 18.9 Å². The molecule has 4 bridgehead atoms. The third-order valence-electron chi connectivity index (χ3n) is 20.6. The van der Waals surface area contributed by atoms with Crippen LogP contribution in [0, 0.1) is 23.2 Å². The highest BCUT2D eigenvalue weighted by Gasteiger charge is 2.66. The van der Waals surface area contributed by atoms with E-state index in [9.17, 15) is 73.4 Å². The lowest BCUT2D eigenvalue weighted by Crippen LogP contribution is -2.64. The molecule has 2 unspecified atom stereocenters. The number of ether oxygens (including phenoxy) is 4. The zero-order valence-corrected chi connectivity index (χ0v) is 60.3. The molecular weight excluding hydrogens is 1400 g/mol. The van der Waals surface area contributed by atoms with Crippen LogP contribution < -0.4 is 25.6 Å². The summed E-state index contributed by atoms with van der Waals surface area (Å²) in [4.78, 5) is 129. The highest BCUT2D eigenvalue weighted by atomic mass is 32.1. The van der Waals surface area contributed by atoms with Gasteiger partial charge in [0, 0.05) is 99.9 Å². The van der Waals surface area contributed by atoms with Crippen molar-refractivity contribution in [1.82, 2.24) is 39.8 Å². The maximum atomic E-state index is 14.0. The number of thiazole rings is 1. The fraction of sp³-hybridized carbons (Fsp3) is 0.493. The number of carboxylic acids is 2. The van der Waals surface area contributed by atoms with Gasteiger partial charge in [-0.1, -0.05) is 62.0 Å². The Kier molecular flexibility index (Phi) is 22.7. The number of anilines is 3. The number of rotatable bonds is 31. The molecule has 0 radical (unpaired) electrons. The summed E-state index contributed by atoms with van der Waals surface area (Å²) < 4.78 is 38.8. The van der Waals surface area contributed by atoms with Crippen LogP contribution in [0.25, 0.3) is 27.6 Å². The van der Waals surface area contributed by atoms with Gasteiger partial charge in [0.25, 0.3) is 5.91 Å². The normalized spacial score (nSPS) is 24.6. The SMILES string of the molecule is Cc1c(-c2ccc(N3CCc4cccc(C(=O)Nc5nc6ncccc6s5)c4C3)nc2C(=O)O)cnn1CC12CC3(C)CC(C)(C1)CC(OCCN(CCCP(=O)(O)O)C(=O)OC/C=C/c1ccc(O[C@@H]4O[C@H](C(=O)O)[C@@H](O)[C@H](O)[C@H]4O)c(NC(=O)CCNC(=O)CCCCCN4CC=CC4=O)c1)(C3)C2. The Balaban J connectivity index is 0.682. The Morgan fingerprint density at radius 1 is 0.857 bits per heavy atom. The predicted molar refractivity (Wildman–Crippen MR) is 384 cm³/mol. The first kappa shape index (κ1) is 75.6. The number of aliphatic hydroxyl groups excluding tert-OH is 3. The van der Waals surface area contributed by atoms with Crippen molar-refractivity contribution in [2.45, 2.75) is 154 Å². The van der Waals surface area contributed by atoms with Crippen LogP contribution in [0.1, 0.15) is 134 Å². The van der Waals surface area contributed by atoms with Crippen molar-refractivity contribution in [1.29, 1.82) is 0 Å². The smallest absolute Gasteiger partial charge is 0.410 e. The number of benzene rings is 2. The van der Waals surface area contributed by atoms with E-state index < -0.39 is 74.0 Å². The Morgan fingerprint density at radius 2 is 1.66 bits per heavy atom. The number of nitrogens with zero attached hydrogens (tertiary/aromatic N) is 8. The molecule has 7 aliphatic rings. The summed E-state index contributed by atoms with van der Waals surface area (Å²) in [6, 6.07) is 17.3. The van der Waals surface area contributed by atoms with Gasteiger partial charge in [-0.2, -0.15) is 10.1 Å². The fourth-order valence-electron chi connectivity index (χ4n) is 17.0. The van der Waals surface area contributed by atoms with Crippen LogP contribution in [-0.2, 0) is 57.5 Å². The number of carbonyl (C=O) groups is 7. The number of unbranched alkanes of at least 4 members (excludes halogenated alkanes) is 2. The number of amides is 5. The summed E-state index contributed by atoms with van der Waals surface area (Å²) >= 11 is 1.33. The van der Waals surface area contributed by atoms with Crippen molar-refractivity contribution in [3.8, 4) is 16.9 Å². The van der Waals surface area contributed by atoms with E-state index >= 15 is 0 Å². The number of carbonyl (C=O) groups excluding carboxylic acids is 5. The number of carboxylic acid groups (broad SMARTS) is 2. The molecule has 5 fully saturated rings. The summed E-state index contributed by atoms with van der Waals surface area (Å²) in [6.07, 6.45) is 6.32. The highest BCUT2D eigenvalue weighted by molar-refractivity contribution is 7.51. The summed E-state index contributed by atoms with van der Waals surface area (Å²) in [6.45, 7) is 8.78. The quantitative estimate of drug-likeness (QED) is 0.0151. The summed E-state index contributed by atoms with van der Waals surface area (Å²) in [5.74, 6) is -3.74. The molecule has 560 valence electrons. The second-order valence-corrected chi connectivity index (χ2v) is 32.1. The van der Waals surface area contributed by atoms with E-state index in [0.29, 0.717) is 97.3 Å². The van der Waals surface area contributed by atoms with Crippen molar-refractivity contribution in [3.63, 3.8) is 0 Å². The van der Waals surface area contributed by atoms with E-state index in [-0.39, 0.29) is 103 Å². The lowest BCUT2D eigenvalue weighted by Gasteiger charge is -2.69. The molecule has 7 heterocycles. The van der Waals surface area contributed by atoms with Gasteiger partial charge in [-0.25, -0.2) is 24.4 Å². The monoisotopic (exact) mass is 1490 g/mol. The fourth-order valence-corrected chi connectivity index (χ4v) is 18.4. The van der Waals surface area contributed by atoms with Crippen molar-refractivity contribution < 1.29 is 92.4 Å². The molecule has 2 aromatic carbocycles. The maximum absolute atomic E-state index is 14.0. The van der Waals surface area contributed by atoms with Gasteiger partial charge in [0.2, 0.25) is 24.0 Å². The number of aliphatic carboxylic acids is 1. The van der Waals surface area contributed by atoms with Crippen LogP contribution in [-0.4, -0.2) is 206 Å². The molecular formula is C73H88N11O19PS. The van der Waals surface area contributed by atoms with Crippen molar-refractivity contribution >= 4 is 93.7 Å². The second-order valence-electron chi connectivity index (χ2n) is 29.3. The molecule has 10 N–H and O–H groups in total. The Hall–Kier alpha value is -9.04. The average Bonchev–Trinajstić information content (AvgIpc) is 1.03. The molecule has 7 atom stereocenters. The summed E-state index contributed by atoms with van der Waals surface area (Å²) in [5.41, 5.74) is 3.82. The topological polar surface area (TPSA) is 417 Å². The summed E-state index contributed by atoms with van der Waals surface area (Å²) in [5, 5.41) is 65.7. The Labute approximate surface area is 609 Å². The minimum atomic E-state index is -4.45. The van der Waals surface area contributed by atoms with Crippen LogP contribution in [0.3, 0.4) is 0 Å². The second kappa shape index (κ2) is 31.6. The number of pyridine rings is 2. The maximum Gasteiger partial charge on any atom is 0.410 e. The van der Waals surface area contributed by atoms with Crippen molar-refractivity contribution in [2.24, 2.45) is 16.2 Å². The van der Waals surface area contributed by atoms with Gasteiger partial charge in [0.15, 0.2) is 22.6 Å². The van der Waals surface area contributed by atoms with Gasteiger partial charge in [0.05, 0.1) is 35.0 Å². The molecule has 30 nitrogen and oxygen atoms in total. The first-order valence-corrected chi connectivity index (χ1v) is 37.8. The van der Waals surface area contributed by atoms with Crippen molar-refractivity contribution in [2.75, 3.05) is 74.2 Å². The van der Waals surface area contributed by atoms with Gasteiger partial charge in [-0.05, 0) is 153 Å². The minimum Gasteiger partial charge on any atom is -0.479 e. The van der Waals surface area contributed by atoms with Crippen LogP contribution in [0.5, 0.6) is 5.75 Å². The van der Waals surface area contributed by atoms with E-state index in [0.717, 1.165) is 60.0 Å². The first-order chi connectivity index (χ1) is 50.0. The molecule has 0 spiro atoms. The van der Waals surface area contributed by atoms with Gasteiger partial charge >= 0.3 is 25.6 Å². The summed E-state index contributed by atoms with van der Waals surface area (Å²) in [7, 11) is -4.45. The molecule has 6 aromatic rings. The van der Waals surface area contributed by atoms with Crippen LogP contribution in [0.2, 0.25) is 0 Å². The standard InChI is InChI=1S/C73H88N11O19PS/c1-44-49(47-19-21-54(78-58(47)65(92)93)83-29-23-46-13-7-14-48(50(46)36-83)64(91)80-68-79-63-53(105-68)15-8-24-75-63)35-76-84(44)43-72-38-70(2)37-71(3,39-72)41-73(40-70,42-72)101-32-30-82(28-11-33-104(97,98)99)69(96)100-31-10-12-45-18-20-52(102-67-61(90)59(88)60(89)62(103-67)66(94)95)51(34-45)77-56(86)22-25-74-55(85)16-5-4-6-26-81-27-9-17-57(81)87/h7-10,12-15,17-21,24,34-35,59-62,67,88-90H,4-6,11,16,22-23,25-33,36-43H2,1-3H3,(H,74,85)(H,77,86)(H,92,93)(H,94,95)(H2,97,98,99)(H,75,79,80,91)/b12-10+/t59-,60-,61+,62-,67+,70?,71?,72?,73?/m0/s1. The number of aromatic carboxylic acids is 1. The number of hydrogen-bond donors (Lipinski definition) is 10. The zero-order chi connectivity index (χ0) is 74.6. The molecule has 4 aromatic heterocycles. The van der Waals surface area contributed by atoms with E-state index in [1.807, 2.05) is 46.8 Å². The van der Waals surface area contributed by atoms with Crippen LogP contribution in [0.15, 0.2) is 91.3 Å². The Morgan fingerprint density at radius 3 is 2.40 bits per heavy atom. The number of hydrogen-bond acceptors (Lipinski definition) is 21. The Bertz CT molecular complexity index is 4360. The molecule has 13 rings (SSSR count). The third-order valence-corrected chi connectivity index (χ3v) is 22.4. The number of aliphatic hydroxyl groups is 3. The van der Waals surface area contributed by atoms with Gasteiger partial charge < -0.3 is 79.6 Å². The zero-order valence-electron chi connectivity index (χ0n) is 58.6.